The largest absolute Gasteiger partial charge is 0.313 e. The summed E-state index contributed by atoms with van der Waals surface area (Å²) in [5.74, 6) is 0.307. The number of fused-ring (bicyclic) bond motifs is 9. The third kappa shape index (κ3) is 4.48. The minimum absolute atomic E-state index is 0.307. The van der Waals surface area contributed by atoms with Crippen molar-refractivity contribution in [2.45, 2.75) is 25.2 Å². The molecule has 0 saturated carbocycles. The lowest BCUT2D eigenvalue weighted by Gasteiger charge is -2.20. The molecule has 0 saturated heterocycles. The molecule has 11 rings (SSSR count). The van der Waals surface area contributed by atoms with Gasteiger partial charge in [0.15, 0.2) is 0 Å². The molecule has 3 aromatic heterocycles. The molecule has 0 N–H and O–H groups in total. The summed E-state index contributed by atoms with van der Waals surface area (Å²) in [4.78, 5) is 0. The average Bonchev–Trinajstić information content (AvgIpc) is 3.85. The van der Waals surface area contributed by atoms with Gasteiger partial charge in [-0.2, -0.15) is 0 Å². The fourth-order valence-electron chi connectivity index (χ4n) is 8.77. The van der Waals surface area contributed by atoms with Crippen molar-refractivity contribution in [3.8, 4) is 22.5 Å². The standard InChI is InChI=1S/C48H34N2S/c1-2-10-31(11-3-1)32-18-22-35(23-19-32)49-43-15-7-4-12-37(43)40-28-33(20-25-45(40)49)34-21-26-46-41(29-34)38-13-5-8-16-44(38)50(46)36-24-27-48-42(30-36)39-14-6-9-17-47(39)51-48/h1-6,8-14,16-28,30,34H,7,15,29H2. The zero-order valence-corrected chi connectivity index (χ0v) is 28.9. The predicted molar refractivity (Wildman–Crippen MR) is 218 cm³/mol. The highest BCUT2D eigenvalue weighted by Gasteiger charge is 2.25. The smallest absolute Gasteiger partial charge is 0.0537 e. The quantitative estimate of drug-likeness (QED) is 0.176. The first kappa shape index (κ1) is 28.9. The van der Waals surface area contributed by atoms with E-state index in [0.717, 1.165) is 19.3 Å². The number of aromatic nitrogens is 2. The highest BCUT2D eigenvalue weighted by molar-refractivity contribution is 7.25. The zero-order valence-electron chi connectivity index (χ0n) is 28.1. The van der Waals surface area contributed by atoms with Gasteiger partial charge in [0.1, 0.15) is 0 Å². The molecule has 0 bridgehead atoms. The molecule has 0 spiro atoms. The lowest BCUT2D eigenvalue weighted by Crippen LogP contribution is -2.07. The first-order valence-corrected chi connectivity index (χ1v) is 18.8. The summed E-state index contributed by atoms with van der Waals surface area (Å²) < 4.78 is 7.67. The van der Waals surface area contributed by atoms with Gasteiger partial charge in [0.05, 0.1) is 11.0 Å². The molecule has 51 heavy (non-hydrogen) atoms. The van der Waals surface area contributed by atoms with Crippen molar-refractivity contribution in [2.75, 3.05) is 0 Å². The van der Waals surface area contributed by atoms with Crippen molar-refractivity contribution in [1.29, 1.82) is 0 Å². The maximum Gasteiger partial charge on any atom is 0.0537 e. The summed E-state index contributed by atoms with van der Waals surface area (Å²) in [6, 6.07) is 51.7. The molecule has 2 aliphatic rings. The van der Waals surface area contributed by atoms with Crippen LogP contribution in [0.3, 0.4) is 0 Å². The second kappa shape index (κ2) is 11.3. The topological polar surface area (TPSA) is 9.86 Å². The number of nitrogens with zero attached hydrogens (tertiary/aromatic N) is 2. The van der Waals surface area contributed by atoms with Crippen LogP contribution >= 0.6 is 11.3 Å². The van der Waals surface area contributed by atoms with Gasteiger partial charge >= 0.3 is 0 Å². The Morgan fingerprint density at radius 1 is 0.549 bits per heavy atom. The van der Waals surface area contributed by atoms with Gasteiger partial charge in [0.2, 0.25) is 0 Å². The molecule has 0 aliphatic heterocycles. The molecule has 0 fully saturated rings. The van der Waals surface area contributed by atoms with Crippen molar-refractivity contribution >= 4 is 65.5 Å². The highest BCUT2D eigenvalue weighted by Crippen LogP contribution is 2.42. The van der Waals surface area contributed by atoms with Gasteiger partial charge in [0.25, 0.3) is 0 Å². The van der Waals surface area contributed by atoms with Crippen LogP contribution in [0.5, 0.6) is 0 Å². The van der Waals surface area contributed by atoms with Crippen molar-refractivity contribution in [1.82, 2.24) is 9.13 Å². The molecule has 1 atom stereocenters. The molecule has 0 amide bonds. The van der Waals surface area contributed by atoms with Crippen LogP contribution in [-0.4, -0.2) is 9.13 Å². The van der Waals surface area contributed by atoms with Gasteiger partial charge in [-0.25, -0.2) is 0 Å². The molecule has 3 heteroatoms. The first-order chi connectivity index (χ1) is 25.3. The van der Waals surface area contributed by atoms with E-state index in [2.05, 4.69) is 173 Å². The van der Waals surface area contributed by atoms with E-state index in [1.54, 1.807) is 0 Å². The number of para-hydroxylation sites is 1. The van der Waals surface area contributed by atoms with Crippen LogP contribution < -0.4 is 0 Å². The Balaban J connectivity index is 0.998. The summed E-state index contributed by atoms with van der Waals surface area (Å²) in [6.45, 7) is 0. The maximum atomic E-state index is 2.50. The van der Waals surface area contributed by atoms with Gasteiger partial charge in [-0.05, 0) is 102 Å². The monoisotopic (exact) mass is 670 g/mol. The highest BCUT2D eigenvalue weighted by atomic mass is 32.1. The fourth-order valence-corrected chi connectivity index (χ4v) is 9.86. The Morgan fingerprint density at radius 3 is 2.20 bits per heavy atom. The molecule has 1 unspecified atom stereocenters. The minimum Gasteiger partial charge on any atom is -0.313 e. The maximum absolute atomic E-state index is 2.50. The lowest BCUT2D eigenvalue weighted by molar-refractivity contribution is 0.826. The number of allylic oxidation sites excluding steroid dienone is 2. The third-order valence-corrected chi connectivity index (χ3v) is 12.3. The SMILES string of the molecule is C1=Cc2c(n(-c3ccc(-c4ccccc4)cc3)c3ccc(C4C=Cc5c(c6ccccc6n5-c5ccc6sc7ccccc7c6c5)C4)cc23)CC1. The Bertz CT molecular complexity index is 2880. The van der Waals surface area contributed by atoms with Crippen LogP contribution in [0, 0.1) is 0 Å². The molecule has 242 valence electrons. The molecule has 3 heterocycles. The van der Waals surface area contributed by atoms with Crippen molar-refractivity contribution in [3.05, 3.63) is 180 Å². The molecular weight excluding hydrogens is 637 g/mol. The summed E-state index contributed by atoms with van der Waals surface area (Å²) in [6.07, 6.45) is 12.6. The fraction of sp³-hybridized carbons (Fsp3) is 0.0833. The predicted octanol–water partition coefficient (Wildman–Crippen LogP) is 12.9. The summed E-state index contributed by atoms with van der Waals surface area (Å²) >= 11 is 1.88. The van der Waals surface area contributed by atoms with Crippen molar-refractivity contribution in [2.24, 2.45) is 0 Å². The molecular formula is C48H34N2S. The lowest BCUT2D eigenvalue weighted by atomic mass is 9.86. The summed E-state index contributed by atoms with van der Waals surface area (Å²) in [5.41, 5.74) is 14.4. The van der Waals surface area contributed by atoms with Crippen LogP contribution in [-0.2, 0) is 12.8 Å². The molecule has 0 radical (unpaired) electrons. The van der Waals surface area contributed by atoms with E-state index in [0.29, 0.717) is 5.92 Å². The Morgan fingerprint density at radius 2 is 1.29 bits per heavy atom. The molecule has 6 aromatic carbocycles. The molecule has 2 nitrogen and oxygen atoms in total. The van der Waals surface area contributed by atoms with Gasteiger partial charge < -0.3 is 9.13 Å². The van der Waals surface area contributed by atoms with Gasteiger partial charge in [0, 0.05) is 65.2 Å². The average molecular weight is 671 g/mol. The number of thiophene rings is 1. The molecule has 2 aliphatic carbocycles. The summed E-state index contributed by atoms with van der Waals surface area (Å²) in [7, 11) is 0. The number of hydrogen-bond donors (Lipinski definition) is 0. The Labute approximate surface area is 300 Å². The van der Waals surface area contributed by atoms with Crippen molar-refractivity contribution in [3.63, 3.8) is 0 Å². The van der Waals surface area contributed by atoms with Gasteiger partial charge in [-0.15, -0.1) is 11.3 Å². The Kier molecular flexibility index (Phi) is 6.41. The van der Waals surface area contributed by atoms with Crippen LogP contribution in [0.1, 0.15) is 40.4 Å². The van der Waals surface area contributed by atoms with Crippen LogP contribution in [0.15, 0.2) is 152 Å². The molecule has 9 aromatic rings. The number of hydrogen-bond acceptors (Lipinski definition) is 1. The number of benzene rings is 6. The summed E-state index contributed by atoms with van der Waals surface area (Å²) in [5, 5.41) is 5.37. The number of rotatable bonds is 4. The van der Waals surface area contributed by atoms with Gasteiger partial charge in [-0.3, -0.25) is 0 Å². The van der Waals surface area contributed by atoms with E-state index < -0.39 is 0 Å². The zero-order chi connectivity index (χ0) is 33.5. The van der Waals surface area contributed by atoms with E-state index >= 15 is 0 Å². The minimum atomic E-state index is 0.307. The van der Waals surface area contributed by atoms with Crippen LogP contribution in [0.4, 0.5) is 0 Å². The second-order valence-corrected chi connectivity index (χ2v) is 15.1. The van der Waals surface area contributed by atoms with Crippen molar-refractivity contribution < 1.29 is 0 Å². The van der Waals surface area contributed by atoms with E-state index in [9.17, 15) is 0 Å². The third-order valence-electron chi connectivity index (χ3n) is 11.2. The second-order valence-electron chi connectivity index (χ2n) is 14.0. The van der Waals surface area contributed by atoms with Gasteiger partial charge in [-0.1, -0.05) is 103 Å². The van der Waals surface area contributed by atoms with E-state index in [4.69, 9.17) is 0 Å². The van der Waals surface area contributed by atoms with Crippen LogP contribution in [0.25, 0.3) is 76.6 Å². The Hall–Kier alpha value is -5.90. The van der Waals surface area contributed by atoms with E-state index in [-0.39, 0.29) is 0 Å². The normalized spacial score (nSPS) is 15.3. The van der Waals surface area contributed by atoms with Crippen LogP contribution in [0.2, 0.25) is 0 Å². The first-order valence-electron chi connectivity index (χ1n) is 18.0. The van der Waals surface area contributed by atoms with E-state index in [1.807, 2.05) is 11.3 Å². The van der Waals surface area contributed by atoms with E-state index in [1.165, 1.54) is 92.6 Å².